The fraction of sp³-hybridized carbons (Fsp3) is 0.286. The smallest absolute Gasteiger partial charge is 0.248 e. The molecule has 7 nitrogen and oxygen atoms in total. The van der Waals surface area contributed by atoms with Gasteiger partial charge in [0.25, 0.3) is 0 Å². The lowest BCUT2D eigenvalue weighted by molar-refractivity contribution is -0.0355. The number of hydrogen-bond acceptors (Lipinski definition) is 5. The largest absolute Gasteiger partial charge is 0.369 e. The van der Waals surface area contributed by atoms with Crippen LogP contribution >= 0.6 is 0 Å². The quantitative estimate of drug-likeness (QED) is 0.736. The SMILES string of the molecule is Cn1nccc1CN1CCOC(c2cccc(-c3cccc(C(N)=O)c3)n2)C1. The van der Waals surface area contributed by atoms with Crippen LogP contribution < -0.4 is 5.73 Å². The number of aryl methyl sites for hydroxylation is 1. The van der Waals surface area contributed by atoms with Crippen LogP contribution in [0.25, 0.3) is 11.3 Å². The topological polar surface area (TPSA) is 86.3 Å². The Morgan fingerprint density at radius 1 is 1.25 bits per heavy atom. The van der Waals surface area contributed by atoms with Crippen molar-refractivity contribution in [1.29, 1.82) is 0 Å². The molecule has 0 aliphatic carbocycles. The molecule has 1 amide bonds. The second-order valence-corrected chi connectivity index (χ2v) is 6.93. The van der Waals surface area contributed by atoms with E-state index in [9.17, 15) is 4.79 Å². The van der Waals surface area contributed by atoms with Crippen molar-refractivity contribution in [2.45, 2.75) is 12.6 Å². The van der Waals surface area contributed by atoms with Gasteiger partial charge in [0.2, 0.25) is 5.91 Å². The van der Waals surface area contributed by atoms with E-state index in [2.05, 4.69) is 10.00 Å². The fourth-order valence-corrected chi connectivity index (χ4v) is 3.43. The summed E-state index contributed by atoms with van der Waals surface area (Å²) >= 11 is 0. The van der Waals surface area contributed by atoms with Gasteiger partial charge in [0, 0.05) is 44.0 Å². The van der Waals surface area contributed by atoms with Crippen LogP contribution in [-0.2, 0) is 18.3 Å². The highest BCUT2D eigenvalue weighted by Crippen LogP contribution is 2.25. The van der Waals surface area contributed by atoms with Gasteiger partial charge >= 0.3 is 0 Å². The molecule has 1 unspecified atom stereocenters. The fourth-order valence-electron chi connectivity index (χ4n) is 3.43. The lowest BCUT2D eigenvalue weighted by Gasteiger charge is -2.32. The van der Waals surface area contributed by atoms with E-state index in [0.29, 0.717) is 12.2 Å². The lowest BCUT2D eigenvalue weighted by atomic mass is 10.1. The van der Waals surface area contributed by atoms with E-state index in [1.54, 1.807) is 12.1 Å². The number of rotatable bonds is 5. The highest BCUT2D eigenvalue weighted by atomic mass is 16.5. The summed E-state index contributed by atoms with van der Waals surface area (Å²) in [7, 11) is 1.96. The molecule has 1 saturated heterocycles. The first kappa shape index (κ1) is 18.3. The summed E-state index contributed by atoms with van der Waals surface area (Å²) in [5.74, 6) is -0.445. The maximum Gasteiger partial charge on any atom is 0.248 e. The van der Waals surface area contributed by atoms with Crippen molar-refractivity contribution in [1.82, 2.24) is 19.7 Å². The average Bonchev–Trinajstić information content (AvgIpc) is 3.13. The van der Waals surface area contributed by atoms with E-state index in [-0.39, 0.29) is 6.10 Å². The number of amides is 1. The van der Waals surface area contributed by atoms with Crippen molar-refractivity contribution in [2.24, 2.45) is 12.8 Å². The Morgan fingerprint density at radius 3 is 2.89 bits per heavy atom. The number of morpholine rings is 1. The molecular weight excluding hydrogens is 354 g/mol. The van der Waals surface area contributed by atoms with Gasteiger partial charge in [-0.25, -0.2) is 0 Å². The van der Waals surface area contributed by atoms with Crippen LogP contribution in [-0.4, -0.2) is 45.3 Å². The van der Waals surface area contributed by atoms with E-state index in [0.717, 1.165) is 36.6 Å². The molecule has 2 N–H and O–H groups in total. The molecule has 28 heavy (non-hydrogen) atoms. The normalized spacial score (nSPS) is 17.5. The van der Waals surface area contributed by atoms with Crippen molar-refractivity contribution in [2.75, 3.05) is 19.7 Å². The van der Waals surface area contributed by atoms with Gasteiger partial charge in [-0.15, -0.1) is 0 Å². The molecule has 1 aliphatic heterocycles. The Bertz CT molecular complexity index is 984. The zero-order valence-corrected chi connectivity index (χ0v) is 15.8. The molecule has 3 heterocycles. The number of pyridine rings is 1. The van der Waals surface area contributed by atoms with Crippen molar-refractivity contribution in [3.8, 4) is 11.3 Å². The van der Waals surface area contributed by atoms with Gasteiger partial charge in [0.05, 0.1) is 23.7 Å². The van der Waals surface area contributed by atoms with E-state index in [4.69, 9.17) is 15.5 Å². The number of carbonyl (C=O) groups excluding carboxylic acids is 1. The van der Waals surface area contributed by atoms with Crippen molar-refractivity contribution in [3.05, 3.63) is 71.7 Å². The first-order valence-corrected chi connectivity index (χ1v) is 9.28. The monoisotopic (exact) mass is 377 g/mol. The minimum atomic E-state index is -0.445. The molecule has 7 heteroatoms. The summed E-state index contributed by atoms with van der Waals surface area (Å²) in [6.07, 6.45) is 1.72. The first-order valence-electron chi connectivity index (χ1n) is 9.28. The Kier molecular flexibility index (Phi) is 5.18. The molecule has 1 atom stereocenters. The second-order valence-electron chi connectivity index (χ2n) is 6.93. The lowest BCUT2D eigenvalue weighted by Crippen LogP contribution is -2.38. The third-order valence-corrected chi connectivity index (χ3v) is 5.00. The highest BCUT2D eigenvalue weighted by Gasteiger charge is 2.24. The molecule has 3 aromatic rings. The third-order valence-electron chi connectivity index (χ3n) is 5.00. The summed E-state index contributed by atoms with van der Waals surface area (Å²) in [4.78, 5) is 18.6. The summed E-state index contributed by atoms with van der Waals surface area (Å²) in [6, 6.07) is 15.1. The molecule has 144 valence electrons. The number of ether oxygens (including phenoxy) is 1. The Balaban J connectivity index is 1.53. The van der Waals surface area contributed by atoms with Gasteiger partial charge in [-0.05, 0) is 30.3 Å². The number of aromatic nitrogens is 3. The molecule has 1 fully saturated rings. The van der Waals surface area contributed by atoms with Crippen LogP contribution in [0, 0.1) is 0 Å². The van der Waals surface area contributed by atoms with Gasteiger partial charge in [-0.1, -0.05) is 18.2 Å². The summed E-state index contributed by atoms with van der Waals surface area (Å²) in [5, 5.41) is 4.24. The number of nitrogens with zero attached hydrogens (tertiary/aromatic N) is 4. The number of carbonyl (C=O) groups is 1. The summed E-state index contributed by atoms with van der Waals surface area (Å²) in [5.41, 5.74) is 9.59. The van der Waals surface area contributed by atoms with Crippen LogP contribution in [0.4, 0.5) is 0 Å². The van der Waals surface area contributed by atoms with Crippen LogP contribution in [0.1, 0.15) is 27.8 Å². The van der Waals surface area contributed by atoms with Gasteiger partial charge in [0.1, 0.15) is 6.10 Å². The van der Waals surface area contributed by atoms with E-state index < -0.39 is 5.91 Å². The molecule has 1 aromatic carbocycles. The van der Waals surface area contributed by atoms with Crippen molar-refractivity contribution >= 4 is 5.91 Å². The van der Waals surface area contributed by atoms with Crippen LogP contribution in [0.15, 0.2) is 54.7 Å². The zero-order chi connectivity index (χ0) is 19.5. The molecule has 0 saturated carbocycles. The number of nitrogens with two attached hydrogens (primary N) is 1. The highest BCUT2D eigenvalue weighted by molar-refractivity contribution is 5.93. The van der Waals surface area contributed by atoms with Crippen molar-refractivity contribution in [3.63, 3.8) is 0 Å². The standard InChI is InChI=1S/C21H23N5O2/c1-25-17(8-9-23-25)13-26-10-11-28-20(14-26)19-7-3-6-18(24-19)15-4-2-5-16(12-15)21(22)27/h2-9,12,20H,10-11,13-14H2,1H3,(H2,22,27). The number of primary amides is 1. The second kappa shape index (κ2) is 7.92. The minimum Gasteiger partial charge on any atom is -0.369 e. The summed E-state index contributed by atoms with van der Waals surface area (Å²) in [6.45, 7) is 3.13. The molecule has 2 aromatic heterocycles. The van der Waals surface area contributed by atoms with E-state index >= 15 is 0 Å². The molecule has 0 radical (unpaired) electrons. The third kappa shape index (κ3) is 3.95. The molecule has 0 spiro atoms. The van der Waals surface area contributed by atoms with Crippen molar-refractivity contribution < 1.29 is 9.53 Å². The van der Waals surface area contributed by atoms with Gasteiger partial charge in [-0.3, -0.25) is 19.4 Å². The van der Waals surface area contributed by atoms with Crippen LogP contribution in [0.2, 0.25) is 0 Å². The van der Waals surface area contributed by atoms with E-state index in [1.807, 2.05) is 54.3 Å². The Morgan fingerprint density at radius 2 is 2.11 bits per heavy atom. The molecule has 1 aliphatic rings. The van der Waals surface area contributed by atoms with Crippen LogP contribution in [0.5, 0.6) is 0 Å². The molecule has 4 rings (SSSR count). The Hall–Kier alpha value is -3.03. The van der Waals surface area contributed by atoms with Crippen LogP contribution in [0.3, 0.4) is 0 Å². The molecule has 0 bridgehead atoms. The maximum absolute atomic E-state index is 11.5. The predicted octanol–water partition coefficient (Wildman–Crippen LogP) is 2.15. The first-order chi connectivity index (χ1) is 13.6. The maximum atomic E-state index is 11.5. The predicted molar refractivity (Wildman–Crippen MR) is 105 cm³/mol. The zero-order valence-electron chi connectivity index (χ0n) is 15.8. The van der Waals surface area contributed by atoms with E-state index in [1.165, 1.54) is 5.69 Å². The van der Waals surface area contributed by atoms with Gasteiger partial charge < -0.3 is 10.5 Å². The number of benzene rings is 1. The van der Waals surface area contributed by atoms with Gasteiger partial charge in [-0.2, -0.15) is 5.10 Å². The molecular formula is C21H23N5O2. The van der Waals surface area contributed by atoms with Gasteiger partial charge in [0.15, 0.2) is 0 Å². The minimum absolute atomic E-state index is 0.0961. The Labute approximate surface area is 163 Å². The summed E-state index contributed by atoms with van der Waals surface area (Å²) < 4.78 is 7.89. The average molecular weight is 377 g/mol. The number of hydrogen-bond donors (Lipinski definition) is 1.